The van der Waals surface area contributed by atoms with Crippen LogP contribution in [0.3, 0.4) is 0 Å². The Kier molecular flexibility index (Phi) is 4.42. The van der Waals surface area contributed by atoms with Crippen LogP contribution in [0.4, 0.5) is 0 Å². The third kappa shape index (κ3) is 4.71. The molecule has 0 fully saturated rings. The summed E-state index contributed by atoms with van der Waals surface area (Å²) < 4.78 is 5.25. The summed E-state index contributed by atoms with van der Waals surface area (Å²) in [6.07, 6.45) is 2.37. The first-order chi connectivity index (χ1) is 7.40. The van der Waals surface area contributed by atoms with E-state index in [1.807, 2.05) is 51.3 Å². The smallest absolute Gasteiger partial charge is 0.310 e. The molecule has 0 unspecified atom stereocenters. The number of ether oxygens (including phenoxy) is 1. The van der Waals surface area contributed by atoms with E-state index in [2.05, 4.69) is 0 Å². The monoisotopic (exact) mass is 238 g/mol. The van der Waals surface area contributed by atoms with Crippen LogP contribution in [0.5, 0.6) is 0 Å². The van der Waals surface area contributed by atoms with Crippen LogP contribution in [0, 0.1) is 0 Å². The molecule has 1 aromatic carbocycles. The molecule has 16 heavy (non-hydrogen) atoms. The molecular formula is C13H18O2S. The molecule has 0 aliphatic carbocycles. The fourth-order valence-electron chi connectivity index (χ4n) is 1.29. The lowest BCUT2D eigenvalue weighted by Crippen LogP contribution is -2.24. The quantitative estimate of drug-likeness (QED) is 0.597. The van der Waals surface area contributed by atoms with Gasteiger partial charge in [-0.05, 0) is 44.7 Å². The molecule has 0 saturated heterocycles. The third-order valence-electron chi connectivity index (χ3n) is 1.93. The molecule has 1 aromatic rings. The number of carbonyl (C=O) groups excluding carboxylic acids is 1. The van der Waals surface area contributed by atoms with Gasteiger partial charge >= 0.3 is 5.97 Å². The Morgan fingerprint density at radius 3 is 2.25 bits per heavy atom. The topological polar surface area (TPSA) is 26.3 Å². The number of benzene rings is 1. The van der Waals surface area contributed by atoms with Crippen molar-refractivity contribution < 1.29 is 9.53 Å². The Morgan fingerprint density at radius 1 is 1.25 bits per heavy atom. The lowest BCUT2D eigenvalue weighted by atomic mass is 10.1. The molecular weight excluding hydrogens is 220 g/mol. The molecule has 1 rings (SSSR count). The van der Waals surface area contributed by atoms with Crippen molar-refractivity contribution in [3.05, 3.63) is 29.8 Å². The highest BCUT2D eigenvalue weighted by atomic mass is 32.2. The maximum Gasteiger partial charge on any atom is 0.310 e. The number of rotatable bonds is 3. The van der Waals surface area contributed by atoms with Gasteiger partial charge in [-0.2, -0.15) is 0 Å². The summed E-state index contributed by atoms with van der Waals surface area (Å²) in [5, 5.41) is 0. The standard InChI is InChI=1S/C13H18O2S/c1-13(2,3)15-12(14)9-10-5-7-11(16-4)8-6-10/h5-8H,9H2,1-4H3. The van der Waals surface area contributed by atoms with E-state index in [-0.39, 0.29) is 5.97 Å². The van der Waals surface area contributed by atoms with Gasteiger partial charge in [-0.3, -0.25) is 4.79 Å². The van der Waals surface area contributed by atoms with Gasteiger partial charge in [0.25, 0.3) is 0 Å². The maximum absolute atomic E-state index is 11.6. The summed E-state index contributed by atoms with van der Waals surface area (Å²) in [4.78, 5) is 12.8. The van der Waals surface area contributed by atoms with Crippen LogP contribution >= 0.6 is 11.8 Å². The van der Waals surface area contributed by atoms with Crippen LogP contribution < -0.4 is 0 Å². The van der Waals surface area contributed by atoms with Crippen LogP contribution in [0.15, 0.2) is 29.2 Å². The van der Waals surface area contributed by atoms with Crippen molar-refractivity contribution in [2.75, 3.05) is 6.26 Å². The van der Waals surface area contributed by atoms with Gasteiger partial charge in [-0.25, -0.2) is 0 Å². The first-order valence-electron chi connectivity index (χ1n) is 5.25. The van der Waals surface area contributed by atoms with E-state index in [9.17, 15) is 4.79 Å². The molecule has 0 radical (unpaired) electrons. The number of hydrogen-bond donors (Lipinski definition) is 0. The molecule has 3 heteroatoms. The molecule has 0 saturated carbocycles. The van der Waals surface area contributed by atoms with Gasteiger partial charge in [0.15, 0.2) is 0 Å². The van der Waals surface area contributed by atoms with E-state index in [0.717, 1.165) is 5.56 Å². The van der Waals surface area contributed by atoms with Crippen LogP contribution in [0.25, 0.3) is 0 Å². The van der Waals surface area contributed by atoms with Crippen LogP contribution in [-0.2, 0) is 16.0 Å². The van der Waals surface area contributed by atoms with E-state index in [1.54, 1.807) is 11.8 Å². The summed E-state index contributed by atoms with van der Waals surface area (Å²) in [6, 6.07) is 7.97. The van der Waals surface area contributed by atoms with Crippen LogP contribution in [-0.4, -0.2) is 17.8 Å². The second-order valence-corrected chi connectivity index (χ2v) is 5.49. The third-order valence-corrected chi connectivity index (χ3v) is 2.67. The zero-order chi connectivity index (χ0) is 12.2. The van der Waals surface area contributed by atoms with Crippen LogP contribution in [0.2, 0.25) is 0 Å². The molecule has 0 bridgehead atoms. The number of carbonyl (C=O) groups is 1. The zero-order valence-electron chi connectivity index (χ0n) is 10.2. The lowest BCUT2D eigenvalue weighted by Gasteiger charge is -2.19. The van der Waals surface area contributed by atoms with Gasteiger partial charge in [0.2, 0.25) is 0 Å². The van der Waals surface area contributed by atoms with Gasteiger partial charge < -0.3 is 4.74 Å². The van der Waals surface area contributed by atoms with Gasteiger partial charge in [0, 0.05) is 4.90 Å². The normalized spacial score (nSPS) is 11.2. The number of esters is 1. The fourth-order valence-corrected chi connectivity index (χ4v) is 1.70. The van der Waals surface area contributed by atoms with E-state index < -0.39 is 5.60 Å². The second kappa shape index (κ2) is 5.39. The van der Waals surface area contributed by atoms with Gasteiger partial charge in [0.05, 0.1) is 6.42 Å². The first kappa shape index (κ1) is 13.1. The molecule has 0 aliphatic rings. The van der Waals surface area contributed by atoms with Crippen molar-refractivity contribution in [1.82, 2.24) is 0 Å². The molecule has 0 atom stereocenters. The fraction of sp³-hybridized carbons (Fsp3) is 0.462. The predicted octanol–water partition coefficient (Wildman–Crippen LogP) is 3.29. The Morgan fingerprint density at radius 2 is 1.81 bits per heavy atom. The summed E-state index contributed by atoms with van der Waals surface area (Å²) in [5.74, 6) is -0.176. The van der Waals surface area contributed by atoms with Gasteiger partial charge in [0.1, 0.15) is 5.60 Å². The molecule has 88 valence electrons. The Labute approximate surface area is 101 Å². The summed E-state index contributed by atoms with van der Waals surface area (Å²) in [7, 11) is 0. The van der Waals surface area contributed by atoms with E-state index in [0.29, 0.717) is 6.42 Å². The van der Waals surface area contributed by atoms with E-state index in [1.165, 1.54) is 4.90 Å². The first-order valence-corrected chi connectivity index (χ1v) is 6.48. The molecule has 0 aromatic heterocycles. The molecule has 0 heterocycles. The summed E-state index contributed by atoms with van der Waals surface area (Å²) in [5.41, 5.74) is 0.586. The second-order valence-electron chi connectivity index (χ2n) is 4.61. The highest BCUT2D eigenvalue weighted by molar-refractivity contribution is 7.98. The van der Waals surface area contributed by atoms with Gasteiger partial charge in [-0.15, -0.1) is 11.8 Å². The average Bonchev–Trinajstić information content (AvgIpc) is 2.16. The van der Waals surface area contributed by atoms with E-state index >= 15 is 0 Å². The molecule has 0 spiro atoms. The largest absolute Gasteiger partial charge is 0.460 e. The lowest BCUT2D eigenvalue weighted by molar-refractivity contribution is -0.153. The number of thioether (sulfide) groups is 1. The molecule has 2 nitrogen and oxygen atoms in total. The highest BCUT2D eigenvalue weighted by Crippen LogP contribution is 2.16. The van der Waals surface area contributed by atoms with Gasteiger partial charge in [-0.1, -0.05) is 12.1 Å². The minimum atomic E-state index is -0.406. The average molecular weight is 238 g/mol. The minimum absolute atomic E-state index is 0.176. The zero-order valence-corrected chi connectivity index (χ0v) is 11.1. The van der Waals surface area contributed by atoms with Crippen molar-refractivity contribution in [3.63, 3.8) is 0 Å². The summed E-state index contributed by atoms with van der Waals surface area (Å²) >= 11 is 1.69. The highest BCUT2D eigenvalue weighted by Gasteiger charge is 2.16. The molecule has 0 amide bonds. The SMILES string of the molecule is CSc1ccc(CC(=O)OC(C)(C)C)cc1. The van der Waals surface area contributed by atoms with Crippen molar-refractivity contribution >= 4 is 17.7 Å². The van der Waals surface area contributed by atoms with E-state index in [4.69, 9.17) is 4.74 Å². The summed E-state index contributed by atoms with van der Waals surface area (Å²) in [6.45, 7) is 5.63. The Hall–Kier alpha value is -0.960. The van der Waals surface area contributed by atoms with Crippen molar-refractivity contribution in [2.45, 2.75) is 37.7 Å². The predicted molar refractivity (Wildman–Crippen MR) is 67.8 cm³/mol. The number of hydrogen-bond acceptors (Lipinski definition) is 3. The molecule has 0 aliphatic heterocycles. The Bertz CT molecular complexity index is 349. The molecule has 0 N–H and O–H groups in total. The van der Waals surface area contributed by atoms with Crippen molar-refractivity contribution in [3.8, 4) is 0 Å². The van der Waals surface area contributed by atoms with Crippen molar-refractivity contribution in [2.24, 2.45) is 0 Å². The van der Waals surface area contributed by atoms with Crippen molar-refractivity contribution in [1.29, 1.82) is 0 Å². The maximum atomic E-state index is 11.6. The van der Waals surface area contributed by atoms with Crippen LogP contribution in [0.1, 0.15) is 26.3 Å². The minimum Gasteiger partial charge on any atom is -0.460 e. The Balaban J connectivity index is 2.56.